The summed E-state index contributed by atoms with van der Waals surface area (Å²) in [5, 5.41) is 30.8. The summed E-state index contributed by atoms with van der Waals surface area (Å²) in [5.41, 5.74) is 2.09. The Hall–Kier alpha value is -1.12. The van der Waals surface area contributed by atoms with E-state index < -0.39 is 36.1 Å². The SMILES string of the molecule is CCC(C)(C)C(=O)OC(c1cc(C)cc(C)c1OC[C@@H](O)C[C@@H](O)CC(=O)[O-])C1CCCCC1.[Na+]. The van der Waals surface area contributed by atoms with E-state index in [2.05, 4.69) is 0 Å². The number of carbonyl (C=O) groups is 2. The van der Waals surface area contributed by atoms with Crippen LogP contribution >= 0.6 is 0 Å². The molecule has 1 aliphatic rings. The maximum Gasteiger partial charge on any atom is 1.00 e. The molecule has 0 spiro atoms. The maximum atomic E-state index is 13.1. The Morgan fingerprint density at radius 2 is 1.74 bits per heavy atom. The number of carboxylic acid groups (broad SMARTS) is 1. The molecule has 0 aromatic heterocycles. The van der Waals surface area contributed by atoms with E-state index in [1.165, 1.54) is 6.42 Å². The number of rotatable bonds is 12. The molecule has 7 nitrogen and oxygen atoms in total. The minimum absolute atomic E-state index is 0. The van der Waals surface area contributed by atoms with Gasteiger partial charge in [0.2, 0.25) is 0 Å². The van der Waals surface area contributed by atoms with Crippen LogP contribution in [0.5, 0.6) is 5.75 Å². The molecule has 0 heterocycles. The van der Waals surface area contributed by atoms with Gasteiger partial charge in [-0.3, -0.25) is 4.79 Å². The normalized spacial score (nSPS) is 17.1. The van der Waals surface area contributed by atoms with Crippen LogP contribution in [-0.2, 0) is 14.3 Å². The molecule has 0 aliphatic heterocycles. The molecule has 1 unspecified atom stereocenters. The van der Waals surface area contributed by atoms with Crippen LogP contribution in [0, 0.1) is 25.2 Å². The number of ether oxygens (including phenoxy) is 2. The second kappa shape index (κ2) is 14.6. The average molecular weight is 501 g/mol. The quantitative estimate of drug-likeness (QED) is 0.318. The summed E-state index contributed by atoms with van der Waals surface area (Å²) in [5.74, 6) is -0.856. The summed E-state index contributed by atoms with van der Waals surface area (Å²) in [6.07, 6.45) is 2.55. The standard InChI is InChI=1S/C27H42O7.Na/c1-6-27(4,5)26(32)34-25(19-10-8-7-9-11-19)22-13-17(2)12-18(3)24(22)33-16-21(29)14-20(28)15-23(30)31;/h12-13,19-21,25,28-29H,6-11,14-16H2,1-5H3,(H,30,31);/q;+1/p-1/t20-,21+,25?;/m1./s1. The van der Waals surface area contributed by atoms with Gasteiger partial charge in [-0.05, 0) is 58.6 Å². The summed E-state index contributed by atoms with van der Waals surface area (Å²) < 4.78 is 12.2. The van der Waals surface area contributed by atoms with Crippen molar-refractivity contribution in [1.82, 2.24) is 0 Å². The van der Waals surface area contributed by atoms with Crippen molar-refractivity contribution in [3.05, 3.63) is 28.8 Å². The Labute approximate surface area is 231 Å². The van der Waals surface area contributed by atoms with E-state index in [9.17, 15) is 24.9 Å². The van der Waals surface area contributed by atoms with Gasteiger partial charge in [-0.25, -0.2) is 0 Å². The average Bonchev–Trinajstić information content (AvgIpc) is 2.76. The predicted octanol–water partition coefficient (Wildman–Crippen LogP) is 0.539. The molecule has 0 saturated heterocycles. The predicted molar refractivity (Wildman–Crippen MR) is 127 cm³/mol. The third-order valence-corrected chi connectivity index (χ3v) is 6.87. The van der Waals surface area contributed by atoms with Crippen molar-refractivity contribution in [2.45, 2.75) is 104 Å². The zero-order valence-corrected chi connectivity index (χ0v) is 24.3. The number of hydrogen-bond acceptors (Lipinski definition) is 7. The van der Waals surface area contributed by atoms with Crippen molar-refractivity contribution in [3.8, 4) is 5.75 Å². The van der Waals surface area contributed by atoms with Crippen LogP contribution in [0.4, 0.5) is 0 Å². The van der Waals surface area contributed by atoms with Gasteiger partial charge in [0.25, 0.3) is 0 Å². The maximum absolute atomic E-state index is 13.1. The van der Waals surface area contributed by atoms with Crippen LogP contribution in [-0.4, -0.2) is 41.0 Å². The number of benzene rings is 1. The second-order valence-electron chi connectivity index (χ2n) is 10.4. The molecule has 1 aromatic rings. The van der Waals surface area contributed by atoms with E-state index >= 15 is 0 Å². The van der Waals surface area contributed by atoms with Gasteiger partial charge in [0.05, 0.1) is 17.6 Å². The summed E-state index contributed by atoms with van der Waals surface area (Å²) in [6.45, 7) is 9.53. The molecule has 1 saturated carbocycles. The second-order valence-corrected chi connectivity index (χ2v) is 10.4. The van der Waals surface area contributed by atoms with E-state index in [1.807, 2.05) is 46.8 Å². The van der Waals surface area contributed by atoms with Gasteiger partial charge in [0.15, 0.2) is 0 Å². The Kier molecular flexibility index (Phi) is 13.3. The first-order valence-corrected chi connectivity index (χ1v) is 12.5. The Morgan fingerprint density at radius 3 is 2.31 bits per heavy atom. The molecule has 0 radical (unpaired) electrons. The van der Waals surface area contributed by atoms with Crippen molar-refractivity contribution >= 4 is 11.9 Å². The van der Waals surface area contributed by atoms with Gasteiger partial charge in [0, 0.05) is 30.3 Å². The third kappa shape index (κ3) is 9.69. The summed E-state index contributed by atoms with van der Waals surface area (Å²) in [4.78, 5) is 23.8. The molecule has 0 bridgehead atoms. The molecule has 2 N–H and O–H groups in total. The van der Waals surface area contributed by atoms with Crippen molar-refractivity contribution in [1.29, 1.82) is 0 Å². The number of carboxylic acids is 1. The summed E-state index contributed by atoms with van der Waals surface area (Å²) >= 11 is 0. The van der Waals surface area contributed by atoms with Crippen molar-refractivity contribution < 1.29 is 63.9 Å². The topological polar surface area (TPSA) is 116 Å². The Bertz CT molecular complexity index is 833. The largest absolute Gasteiger partial charge is 1.00 e. The number of aliphatic hydroxyl groups is 2. The van der Waals surface area contributed by atoms with Gasteiger partial charge in [-0.2, -0.15) is 0 Å². The number of esters is 1. The zero-order chi connectivity index (χ0) is 25.5. The van der Waals surface area contributed by atoms with Gasteiger partial charge in [-0.15, -0.1) is 0 Å². The van der Waals surface area contributed by atoms with Crippen molar-refractivity contribution in [2.24, 2.45) is 11.3 Å². The number of aliphatic carboxylic acids is 1. The minimum atomic E-state index is -1.37. The summed E-state index contributed by atoms with van der Waals surface area (Å²) in [6, 6.07) is 3.97. The first-order chi connectivity index (χ1) is 15.9. The number of hydrogen-bond donors (Lipinski definition) is 2. The van der Waals surface area contributed by atoms with Crippen LogP contribution in [0.25, 0.3) is 0 Å². The molecule has 3 atom stereocenters. The fraction of sp³-hybridized carbons (Fsp3) is 0.704. The zero-order valence-electron chi connectivity index (χ0n) is 22.3. The third-order valence-electron chi connectivity index (χ3n) is 6.87. The van der Waals surface area contributed by atoms with Gasteiger partial charge < -0.3 is 29.6 Å². The van der Waals surface area contributed by atoms with E-state index in [0.29, 0.717) is 12.2 Å². The van der Waals surface area contributed by atoms with Crippen LogP contribution in [0.3, 0.4) is 0 Å². The van der Waals surface area contributed by atoms with Gasteiger partial charge in [-0.1, -0.05) is 37.8 Å². The molecular formula is C27H41NaO7. The molecule has 1 aliphatic carbocycles. The fourth-order valence-corrected chi connectivity index (χ4v) is 4.50. The molecule has 1 aromatic carbocycles. The Balaban J connectivity index is 0.00000612. The Morgan fingerprint density at radius 1 is 1.11 bits per heavy atom. The van der Waals surface area contributed by atoms with Crippen LogP contribution < -0.4 is 39.4 Å². The first kappa shape index (κ1) is 31.9. The van der Waals surface area contributed by atoms with Crippen molar-refractivity contribution in [3.63, 3.8) is 0 Å². The minimum Gasteiger partial charge on any atom is -0.550 e. The van der Waals surface area contributed by atoms with Crippen molar-refractivity contribution in [2.75, 3.05) is 6.61 Å². The van der Waals surface area contributed by atoms with Crippen LogP contribution in [0.15, 0.2) is 12.1 Å². The molecule has 2 rings (SSSR count). The molecular weight excluding hydrogens is 459 g/mol. The van der Waals surface area contributed by atoms with E-state index in [4.69, 9.17) is 9.47 Å². The fourth-order valence-electron chi connectivity index (χ4n) is 4.50. The van der Waals surface area contributed by atoms with Gasteiger partial charge >= 0.3 is 35.5 Å². The number of aliphatic hydroxyl groups excluding tert-OH is 2. The number of aryl methyl sites for hydroxylation is 2. The van der Waals surface area contributed by atoms with Gasteiger partial charge in [0.1, 0.15) is 18.5 Å². The molecule has 0 amide bonds. The first-order valence-electron chi connectivity index (χ1n) is 12.5. The molecule has 8 heteroatoms. The smallest absolute Gasteiger partial charge is 0.550 e. The monoisotopic (exact) mass is 500 g/mol. The van der Waals surface area contributed by atoms with Crippen LogP contribution in [0.1, 0.15) is 94.9 Å². The van der Waals surface area contributed by atoms with E-state index in [-0.39, 0.29) is 54.5 Å². The number of carbonyl (C=O) groups excluding carboxylic acids is 2. The summed E-state index contributed by atoms with van der Waals surface area (Å²) in [7, 11) is 0. The molecule has 1 fully saturated rings. The van der Waals surface area contributed by atoms with E-state index in [0.717, 1.165) is 42.4 Å². The van der Waals surface area contributed by atoms with Crippen LogP contribution in [0.2, 0.25) is 0 Å². The van der Waals surface area contributed by atoms with E-state index in [1.54, 1.807) is 0 Å². The molecule has 35 heavy (non-hydrogen) atoms. The molecule has 192 valence electrons.